The molecule has 0 saturated carbocycles. The summed E-state index contributed by atoms with van der Waals surface area (Å²) in [5.41, 5.74) is 0. The number of allylic oxidation sites excluding steroid dienone is 2. The average molecular weight is 156 g/mol. The van der Waals surface area contributed by atoms with Gasteiger partial charge in [-0.3, -0.25) is 0 Å². The Hall–Kier alpha value is -0.460. The first-order valence-corrected chi connectivity index (χ1v) is 4.41. The van der Waals surface area contributed by atoms with Crippen LogP contribution in [0.5, 0.6) is 0 Å². The van der Waals surface area contributed by atoms with E-state index in [2.05, 4.69) is 19.9 Å². The van der Waals surface area contributed by atoms with Crippen LogP contribution >= 0.6 is 0 Å². The van der Waals surface area contributed by atoms with E-state index in [4.69, 9.17) is 4.74 Å². The van der Waals surface area contributed by atoms with Crippen LogP contribution in [0.1, 0.15) is 40.0 Å². The molecule has 0 fully saturated rings. The Morgan fingerprint density at radius 2 is 2.18 bits per heavy atom. The lowest BCUT2D eigenvalue weighted by atomic mass is 10.0. The monoisotopic (exact) mass is 156 g/mol. The number of methoxy groups -OCH3 is 1. The zero-order valence-corrected chi connectivity index (χ0v) is 8.18. The summed E-state index contributed by atoms with van der Waals surface area (Å²) in [5, 5.41) is 0. The quantitative estimate of drug-likeness (QED) is 0.554. The molecule has 1 heteroatoms. The molecule has 0 saturated heterocycles. The van der Waals surface area contributed by atoms with E-state index < -0.39 is 0 Å². The van der Waals surface area contributed by atoms with E-state index in [0.29, 0.717) is 0 Å². The summed E-state index contributed by atoms with van der Waals surface area (Å²) in [5.74, 6) is 1.88. The predicted molar refractivity (Wildman–Crippen MR) is 49.5 cm³/mol. The van der Waals surface area contributed by atoms with Gasteiger partial charge in [-0.2, -0.15) is 0 Å². The van der Waals surface area contributed by atoms with Gasteiger partial charge in [-0.25, -0.2) is 0 Å². The van der Waals surface area contributed by atoms with Crippen molar-refractivity contribution >= 4 is 0 Å². The normalized spacial score (nSPS) is 14.7. The van der Waals surface area contributed by atoms with Crippen molar-refractivity contribution in [3.8, 4) is 0 Å². The minimum atomic E-state index is 0.843. The SMILES string of the molecule is CCC(C)CC/C=C(/C)OC. The Bertz CT molecular complexity index is 116. The van der Waals surface area contributed by atoms with Crippen LogP contribution < -0.4 is 0 Å². The van der Waals surface area contributed by atoms with Gasteiger partial charge in [-0.15, -0.1) is 0 Å². The van der Waals surface area contributed by atoms with Gasteiger partial charge in [0.2, 0.25) is 0 Å². The van der Waals surface area contributed by atoms with E-state index in [1.807, 2.05) is 6.92 Å². The van der Waals surface area contributed by atoms with Crippen LogP contribution in [0.25, 0.3) is 0 Å². The molecule has 1 unspecified atom stereocenters. The largest absolute Gasteiger partial charge is 0.502 e. The first-order valence-electron chi connectivity index (χ1n) is 4.41. The summed E-state index contributed by atoms with van der Waals surface area (Å²) in [7, 11) is 1.72. The molecule has 66 valence electrons. The van der Waals surface area contributed by atoms with Crippen LogP contribution in [0.2, 0.25) is 0 Å². The van der Waals surface area contributed by atoms with Crippen LogP contribution in [0.15, 0.2) is 11.8 Å². The molecule has 0 aromatic carbocycles. The maximum atomic E-state index is 5.03. The highest BCUT2D eigenvalue weighted by molar-refractivity contribution is 4.87. The van der Waals surface area contributed by atoms with E-state index in [1.54, 1.807) is 7.11 Å². The third kappa shape index (κ3) is 5.96. The van der Waals surface area contributed by atoms with Gasteiger partial charge >= 0.3 is 0 Å². The van der Waals surface area contributed by atoms with Crippen molar-refractivity contribution in [2.24, 2.45) is 5.92 Å². The summed E-state index contributed by atoms with van der Waals surface area (Å²) in [6.07, 6.45) is 5.86. The summed E-state index contributed by atoms with van der Waals surface area (Å²) in [4.78, 5) is 0. The van der Waals surface area contributed by atoms with Gasteiger partial charge in [0.1, 0.15) is 0 Å². The smallest absolute Gasteiger partial charge is 0.0884 e. The van der Waals surface area contributed by atoms with E-state index >= 15 is 0 Å². The van der Waals surface area contributed by atoms with E-state index in [9.17, 15) is 0 Å². The van der Waals surface area contributed by atoms with Gasteiger partial charge in [0.25, 0.3) is 0 Å². The third-order valence-corrected chi connectivity index (χ3v) is 2.11. The minimum absolute atomic E-state index is 0.843. The Morgan fingerprint density at radius 3 is 2.64 bits per heavy atom. The Morgan fingerprint density at radius 1 is 1.55 bits per heavy atom. The fourth-order valence-electron chi connectivity index (χ4n) is 0.859. The third-order valence-electron chi connectivity index (χ3n) is 2.11. The van der Waals surface area contributed by atoms with Crippen molar-refractivity contribution in [3.63, 3.8) is 0 Å². The molecular formula is C10H20O. The summed E-state index contributed by atoms with van der Waals surface area (Å²) < 4.78 is 5.03. The van der Waals surface area contributed by atoms with E-state index in [-0.39, 0.29) is 0 Å². The molecule has 0 heterocycles. The lowest BCUT2D eigenvalue weighted by Crippen LogP contribution is -1.90. The van der Waals surface area contributed by atoms with Crippen LogP contribution in [0.4, 0.5) is 0 Å². The van der Waals surface area contributed by atoms with Gasteiger partial charge in [-0.05, 0) is 31.8 Å². The van der Waals surface area contributed by atoms with Crippen LogP contribution in [0.3, 0.4) is 0 Å². The minimum Gasteiger partial charge on any atom is -0.502 e. The lowest BCUT2D eigenvalue weighted by molar-refractivity contribution is 0.291. The molecule has 0 spiro atoms. The van der Waals surface area contributed by atoms with Gasteiger partial charge in [0, 0.05) is 0 Å². The molecule has 11 heavy (non-hydrogen) atoms. The fraction of sp³-hybridized carbons (Fsp3) is 0.800. The van der Waals surface area contributed by atoms with Crippen molar-refractivity contribution in [2.75, 3.05) is 7.11 Å². The fourth-order valence-corrected chi connectivity index (χ4v) is 0.859. The number of rotatable bonds is 5. The predicted octanol–water partition coefficient (Wildman–Crippen LogP) is 3.36. The average Bonchev–Trinajstić information content (AvgIpc) is 2.04. The molecule has 0 aliphatic rings. The Labute approximate surface area is 70.4 Å². The van der Waals surface area contributed by atoms with E-state index in [1.165, 1.54) is 12.8 Å². The van der Waals surface area contributed by atoms with Gasteiger partial charge in [0.15, 0.2) is 0 Å². The van der Waals surface area contributed by atoms with Crippen molar-refractivity contribution in [1.29, 1.82) is 0 Å². The van der Waals surface area contributed by atoms with Crippen molar-refractivity contribution in [1.82, 2.24) is 0 Å². The van der Waals surface area contributed by atoms with Crippen molar-refractivity contribution in [3.05, 3.63) is 11.8 Å². The zero-order valence-electron chi connectivity index (χ0n) is 8.18. The van der Waals surface area contributed by atoms with E-state index in [0.717, 1.165) is 18.1 Å². The molecule has 0 aliphatic carbocycles. The highest BCUT2D eigenvalue weighted by Gasteiger charge is 1.95. The molecule has 1 atom stereocenters. The van der Waals surface area contributed by atoms with Crippen LogP contribution in [-0.4, -0.2) is 7.11 Å². The first-order chi connectivity index (χ1) is 5.20. The highest BCUT2D eigenvalue weighted by Crippen LogP contribution is 2.10. The molecule has 0 aliphatic heterocycles. The summed E-state index contributed by atoms with van der Waals surface area (Å²) in [6, 6.07) is 0. The Balaban J connectivity index is 3.39. The molecule has 0 rings (SSSR count). The van der Waals surface area contributed by atoms with Crippen LogP contribution in [-0.2, 0) is 4.74 Å². The standard InChI is InChI=1S/C10H20O/c1-5-9(2)7-6-8-10(3)11-4/h8-9H,5-7H2,1-4H3/b10-8-. The molecule has 0 amide bonds. The van der Waals surface area contributed by atoms with Crippen LogP contribution in [0, 0.1) is 5.92 Å². The highest BCUT2D eigenvalue weighted by atomic mass is 16.5. The molecule has 0 aromatic heterocycles. The second-order valence-corrected chi connectivity index (χ2v) is 3.11. The Kier molecular flexibility index (Phi) is 6.00. The maximum absolute atomic E-state index is 5.03. The number of hydrogen-bond acceptors (Lipinski definition) is 1. The summed E-state index contributed by atoms with van der Waals surface area (Å²) in [6.45, 7) is 6.52. The zero-order chi connectivity index (χ0) is 8.69. The molecule has 0 aromatic rings. The molecular weight excluding hydrogens is 136 g/mol. The molecule has 0 radical (unpaired) electrons. The number of hydrogen-bond donors (Lipinski definition) is 0. The maximum Gasteiger partial charge on any atom is 0.0884 e. The number of ether oxygens (including phenoxy) is 1. The lowest BCUT2D eigenvalue weighted by Gasteiger charge is -2.05. The van der Waals surface area contributed by atoms with Gasteiger partial charge < -0.3 is 4.74 Å². The van der Waals surface area contributed by atoms with Crippen molar-refractivity contribution in [2.45, 2.75) is 40.0 Å². The molecule has 0 N–H and O–H groups in total. The van der Waals surface area contributed by atoms with Gasteiger partial charge in [0.05, 0.1) is 12.9 Å². The topological polar surface area (TPSA) is 9.23 Å². The second kappa shape index (κ2) is 6.26. The van der Waals surface area contributed by atoms with Gasteiger partial charge in [-0.1, -0.05) is 20.3 Å². The summed E-state index contributed by atoms with van der Waals surface area (Å²) >= 11 is 0. The van der Waals surface area contributed by atoms with Crippen molar-refractivity contribution < 1.29 is 4.74 Å². The molecule has 0 bridgehead atoms. The second-order valence-electron chi connectivity index (χ2n) is 3.11. The first kappa shape index (κ1) is 10.5. The molecule has 1 nitrogen and oxygen atoms in total.